The van der Waals surface area contributed by atoms with Crippen LogP contribution in [-0.4, -0.2) is 56.0 Å². The van der Waals surface area contributed by atoms with E-state index < -0.39 is 37.3 Å². The second kappa shape index (κ2) is 8.37. The van der Waals surface area contributed by atoms with E-state index in [0.29, 0.717) is 5.92 Å². The van der Waals surface area contributed by atoms with Crippen molar-refractivity contribution < 1.29 is 25.2 Å². The minimum Gasteiger partial charge on any atom is -0.394 e. The number of aromatic nitrogens is 1. The maximum Gasteiger partial charge on any atom is 0.163 e. The number of hydrogen-bond donors (Lipinski definition) is 4. The molecule has 6 nitrogen and oxygen atoms in total. The van der Waals surface area contributed by atoms with Crippen molar-refractivity contribution in [2.75, 3.05) is 6.61 Å². The quantitative estimate of drug-likeness (QED) is 0.506. The summed E-state index contributed by atoms with van der Waals surface area (Å²) in [6, 6.07) is 16.7. The Labute approximate surface area is 181 Å². The number of fused-ring (bicyclic) bond motifs is 1. The van der Waals surface area contributed by atoms with E-state index in [1.54, 1.807) is 4.57 Å². The molecule has 0 bridgehead atoms. The van der Waals surface area contributed by atoms with Gasteiger partial charge in [-0.15, -0.1) is 0 Å². The fourth-order valence-corrected chi connectivity index (χ4v) is 4.81. The van der Waals surface area contributed by atoms with Crippen molar-refractivity contribution in [2.24, 2.45) is 0 Å². The zero-order valence-electron chi connectivity index (χ0n) is 17.3. The van der Waals surface area contributed by atoms with E-state index in [1.807, 2.05) is 30.5 Å². The molecule has 2 fully saturated rings. The number of nitrogens with zero attached hydrogens (tertiary/aromatic N) is 1. The topological polar surface area (TPSA) is 95.1 Å². The molecule has 1 aliphatic carbocycles. The molecule has 0 amide bonds. The van der Waals surface area contributed by atoms with E-state index >= 15 is 0 Å². The van der Waals surface area contributed by atoms with Gasteiger partial charge in [0.1, 0.15) is 24.4 Å². The van der Waals surface area contributed by atoms with E-state index in [-0.39, 0.29) is 0 Å². The Kier molecular flexibility index (Phi) is 5.58. The SMILES string of the molecule is OC[C@H]1O[C@@H](n2cc(Cc3ccc(C4CCC4)cc3)c3ccccc32)[C@H](O)[C@@H](O)[C@@H]1O. The summed E-state index contributed by atoms with van der Waals surface area (Å²) in [5.74, 6) is 0.710. The van der Waals surface area contributed by atoms with Crippen LogP contribution in [0, 0.1) is 0 Å². The van der Waals surface area contributed by atoms with E-state index in [1.165, 1.54) is 30.4 Å². The largest absolute Gasteiger partial charge is 0.394 e. The van der Waals surface area contributed by atoms with Crippen LogP contribution in [0.25, 0.3) is 10.9 Å². The van der Waals surface area contributed by atoms with Crippen molar-refractivity contribution in [3.8, 4) is 0 Å². The van der Waals surface area contributed by atoms with Crippen molar-refractivity contribution in [1.82, 2.24) is 4.57 Å². The predicted octanol–water partition coefficient (Wildman–Crippen LogP) is 2.47. The molecule has 0 radical (unpaired) electrons. The molecular formula is C25H29NO5. The lowest BCUT2D eigenvalue weighted by molar-refractivity contribution is -0.250. The number of ether oxygens (including phenoxy) is 1. The van der Waals surface area contributed by atoms with Gasteiger partial charge in [-0.2, -0.15) is 0 Å². The molecule has 5 atom stereocenters. The van der Waals surface area contributed by atoms with Crippen LogP contribution in [0.4, 0.5) is 0 Å². The maximum absolute atomic E-state index is 10.6. The van der Waals surface area contributed by atoms with Gasteiger partial charge < -0.3 is 29.7 Å². The molecule has 31 heavy (non-hydrogen) atoms. The Hall–Kier alpha value is -2.22. The summed E-state index contributed by atoms with van der Waals surface area (Å²) in [6.45, 7) is -0.444. The number of aliphatic hydroxyl groups is 4. The van der Waals surface area contributed by atoms with Gasteiger partial charge in [-0.25, -0.2) is 0 Å². The highest BCUT2D eigenvalue weighted by atomic mass is 16.6. The zero-order valence-corrected chi connectivity index (χ0v) is 17.3. The molecular weight excluding hydrogens is 394 g/mol. The van der Waals surface area contributed by atoms with E-state index in [2.05, 4.69) is 24.3 Å². The van der Waals surface area contributed by atoms with Crippen molar-refractivity contribution in [1.29, 1.82) is 0 Å². The molecule has 6 heteroatoms. The summed E-state index contributed by atoms with van der Waals surface area (Å²) in [5.41, 5.74) is 4.58. The fourth-order valence-electron chi connectivity index (χ4n) is 4.81. The van der Waals surface area contributed by atoms with Gasteiger partial charge in [0, 0.05) is 11.6 Å². The Balaban J connectivity index is 1.47. The van der Waals surface area contributed by atoms with Gasteiger partial charge >= 0.3 is 0 Å². The average molecular weight is 424 g/mol. The maximum atomic E-state index is 10.6. The zero-order chi connectivity index (χ0) is 21.5. The summed E-state index contributed by atoms with van der Waals surface area (Å²) in [6.07, 6.45) is 0.631. The van der Waals surface area contributed by atoms with Gasteiger partial charge in [0.2, 0.25) is 0 Å². The Bertz CT molecular complexity index is 1040. The number of para-hydroxylation sites is 1. The highest BCUT2D eigenvalue weighted by Crippen LogP contribution is 2.37. The Morgan fingerprint density at radius 2 is 1.65 bits per heavy atom. The van der Waals surface area contributed by atoms with Gasteiger partial charge in [-0.3, -0.25) is 0 Å². The smallest absolute Gasteiger partial charge is 0.163 e. The standard InChI is InChI=1S/C25H29NO5/c27-14-21-22(28)23(29)24(30)25(31-21)26-13-18(19-6-1-2-7-20(19)26)12-15-8-10-17(11-9-15)16-4-3-5-16/h1-2,6-11,13,16,21-25,27-30H,3-5,12,14H2/t21-,22-,23+,24-,25-/m1/s1. The van der Waals surface area contributed by atoms with Gasteiger partial charge in [0.25, 0.3) is 0 Å². The molecule has 164 valence electrons. The molecule has 5 rings (SSSR count). The molecule has 0 spiro atoms. The summed E-state index contributed by atoms with van der Waals surface area (Å²) >= 11 is 0. The molecule has 1 saturated carbocycles. The van der Waals surface area contributed by atoms with E-state index in [9.17, 15) is 20.4 Å². The van der Waals surface area contributed by atoms with Crippen LogP contribution >= 0.6 is 0 Å². The third-order valence-corrected chi connectivity index (χ3v) is 6.92. The lowest BCUT2D eigenvalue weighted by Crippen LogP contribution is -2.56. The number of rotatable bonds is 5. The van der Waals surface area contributed by atoms with Crippen molar-refractivity contribution >= 4 is 10.9 Å². The lowest BCUT2D eigenvalue weighted by atomic mass is 9.80. The molecule has 0 unspecified atom stereocenters. The highest BCUT2D eigenvalue weighted by molar-refractivity contribution is 5.84. The summed E-state index contributed by atoms with van der Waals surface area (Å²) in [7, 11) is 0. The van der Waals surface area contributed by atoms with Gasteiger partial charge in [0.15, 0.2) is 6.23 Å². The molecule has 1 aliphatic heterocycles. The first kappa shape index (κ1) is 20.7. The van der Waals surface area contributed by atoms with Crippen LogP contribution in [-0.2, 0) is 11.2 Å². The van der Waals surface area contributed by atoms with Crippen LogP contribution in [0.1, 0.15) is 48.1 Å². The minimum absolute atomic E-state index is 0.444. The number of benzene rings is 2. The fraction of sp³-hybridized carbons (Fsp3) is 0.440. The van der Waals surface area contributed by atoms with Gasteiger partial charge in [-0.05, 0) is 47.9 Å². The van der Waals surface area contributed by atoms with Crippen LogP contribution in [0.15, 0.2) is 54.7 Å². The van der Waals surface area contributed by atoms with Gasteiger partial charge in [0.05, 0.1) is 12.1 Å². The van der Waals surface area contributed by atoms with E-state index in [4.69, 9.17) is 4.74 Å². The summed E-state index contributed by atoms with van der Waals surface area (Å²) in [4.78, 5) is 0. The number of aliphatic hydroxyl groups excluding tert-OH is 4. The molecule has 2 heterocycles. The summed E-state index contributed by atoms with van der Waals surface area (Å²) in [5, 5.41) is 41.5. The lowest BCUT2D eigenvalue weighted by Gasteiger charge is -2.40. The second-order valence-corrected chi connectivity index (χ2v) is 8.84. The molecule has 1 saturated heterocycles. The third kappa shape index (κ3) is 3.69. The molecule has 1 aromatic heterocycles. The monoisotopic (exact) mass is 423 g/mol. The molecule has 2 aromatic carbocycles. The first-order chi connectivity index (χ1) is 15.1. The highest BCUT2D eigenvalue weighted by Gasteiger charge is 2.44. The minimum atomic E-state index is -1.40. The number of hydrogen-bond acceptors (Lipinski definition) is 5. The first-order valence-corrected chi connectivity index (χ1v) is 11.0. The van der Waals surface area contributed by atoms with Crippen LogP contribution in [0.2, 0.25) is 0 Å². The molecule has 2 aliphatic rings. The Morgan fingerprint density at radius 1 is 0.903 bits per heavy atom. The second-order valence-electron chi connectivity index (χ2n) is 8.84. The van der Waals surface area contributed by atoms with E-state index in [0.717, 1.165) is 22.9 Å². The normalized spacial score (nSPS) is 29.2. The van der Waals surface area contributed by atoms with Gasteiger partial charge in [-0.1, -0.05) is 48.9 Å². The average Bonchev–Trinajstić information content (AvgIpc) is 3.11. The molecule has 3 aromatic rings. The van der Waals surface area contributed by atoms with Crippen LogP contribution in [0.3, 0.4) is 0 Å². The molecule has 4 N–H and O–H groups in total. The third-order valence-electron chi connectivity index (χ3n) is 6.92. The van der Waals surface area contributed by atoms with Crippen molar-refractivity contribution in [3.63, 3.8) is 0 Å². The first-order valence-electron chi connectivity index (χ1n) is 11.0. The van der Waals surface area contributed by atoms with Crippen molar-refractivity contribution in [2.45, 2.75) is 62.2 Å². The Morgan fingerprint density at radius 3 is 2.32 bits per heavy atom. The summed E-state index contributed by atoms with van der Waals surface area (Å²) < 4.78 is 7.60. The predicted molar refractivity (Wildman–Crippen MR) is 117 cm³/mol. The van der Waals surface area contributed by atoms with Crippen molar-refractivity contribution in [3.05, 3.63) is 71.4 Å². The van der Waals surface area contributed by atoms with Crippen LogP contribution < -0.4 is 0 Å². The van der Waals surface area contributed by atoms with Crippen LogP contribution in [0.5, 0.6) is 0 Å².